The number of amides is 1. The van der Waals surface area contributed by atoms with E-state index in [9.17, 15) is 19.9 Å². The number of nitrogens with zero attached hydrogens (tertiary/aromatic N) is 1. The Morgan fingerprint density at radius 3 is 2.34 bits per heavy atom. The van der Waals surface area contributed by atoms with Crippen LogP contribution in [0.5, 0.6) is 0 Å². The lowest BCUT2D eigenvalue weighted by atomic mass is 9.97. The molecule has 0 spiro atoms. The second-order valence-corrected chi connectivity index (χ2v) is 12.6. The van der Waals surface area contributed by atoms with E-state index in [0.29, 0.717) is 49.4 Å². The van der Waals surface area contributed by atoms with Gasteiger partial charge in [-0.1, -0.05) is 91.0 Å². The molecule has 1 aliphatic rings. The van der Waals surface area contributed by atoms with E-state index in [4.69, 9.17) is 14.6 Å². The van der Waals surface area contributed by atoms with Crippen LogP contribution in [0.3, 0.4) is 0 Å². The normalized spacial score (nSPS) is 17.7. The number of aliphatic hydroxyl groups is 1. The maximum atomic E-state index is 12.4. The highest BCUT2D eigenvalue weighted by molar-refractivity contribution is 7.99. The van der Waals surface area contributed by atoms with Crippen LogP contribution in [-0.4, -0.2) is 33.9 Å². The number of rotatable bonds is 15. The van der Waals surface area contributed by atoms with Crippen molar-refractivity contribution in [3.63, 3.8) is 0 Å². The van der Waals surface area contributed by atoms with Crippen LogP contribution in [0.15, 0.2) is 102 Å². The number of benzene rings is 3. The molecule has 3 N–H and O–H groups in total. The number of thioether (sulfide) groups is 1. The smallest absolute Gasteiger partial charge is 0.303 e. The van der Waals surface area contributed by atoms with E-state index in [1.54, 1.807) is 12.1 Å². The number of hydrogen-bond acceptors (Lipinski definition) is 7. The fourth-order valence-corrected chi connectivity index (χ4v) is 6.46. The van der Waals surface area contributed by atoms with Crippen molar-refractivity contribution in [3.8, 4) is 11.1 Å². The Kier molecular flexibility index (Phi) is 12.4. The molecule has 5 rings (SSSR count). The fourth-order valence-electron chi connectivity index (χ4n) is 5.52. The molecule has 0 saturated carbocycles. The summed E-state index contributed by atoms with van der Waals surface area (Å²) in [5.41, 5.74) is 5.69. The Balaban J connectivity index is 1.26. The van der Waals surface area contributed by atoms with Gasteiger partial charge in [-0.3, -0.25) is 9.59 Å². The summed E-state index contributed by atoms with van der Waals surface area (Å²) < 4.78 is 13.8. The van der Waals surface area contributed by atoms with Gasteiger partial charge >= 0.3 is 5.97 Å². The molecule has 246 valence electrons. The summed E-state index contributed by atoms with van der Waals surface area (Å²) in [5.74, 6) is -0.284. The number of carbonyl (C=O) groups is 2. The van der Waals surface area contributed by atoms with Gasteiger partial charge in [-0.15, -0.1) is 0 Å². The van der Waals surface area contributed by atoms with Crippen LogP contribution in [0.25, 0.3) is 11.1 Å². The van der Waals surface area contributed by atoms with Crippen molar-refractivity contribution in [1.82, 2.24) is 5.32 Å². The van der Waals surface area contributed by atoms with Gasteiger partial charge in [-0.05, 0) is 46.7 Å². The minimum Gasteiger partial charge on any atom is -0.618 e. The van der Waals surface area contributed by atoms with E-state index in [-0.39, 0.29) is 31.1 Å². The summed E-state index contributed by atoms with van der Waals surface area (Å²) in [6, 6.07) is 29.1. The fraction of sp³-hybridized carbons (Fsp3) is 0.324. The highest BCUT2D eigenvalue weighted by Crippen LogP contribution is 2.39. The number of pyridine rings is 1. The molecule has 0 unspecified atom stereocenters. The average molecular weight is 657 g/mol. The number of carbonyl (C=O) groups excluding carboxylic acids is 1. The zero-order valence-electron chi connectivity index (χ0n) is 26.1. The van der Waals surface area contributed by atoms with Gasteiger partial charge in [0.1, 0.15) is 0 Å². The molecule has 3 atom stereocenters. The summed E-state index contributed by atoms with van der Waals surface area (Å²) in [6.07, 6.45) is 3.52. The van der Waals surface area contributed by atoms with Gasteiger partial charge in [0, 0.05) is 49.3 Å². The largest absolute Gasteiger partial charge is 0.618 e. The molecule has 0 aliphatic carbocycles. The number of aromatic nitrogens is 1. The van der Waals surface area contributed by atoms with Crippen LogP contribution < -0.4 is 10.0 Å². The lowest BCUT2D eigenvalue weighted by Crippen LogP contribution is -2.32. The van der Waals surface area contributed by atoms with E-state index in [2.05, 4.69) is 5.32 Å². The van der Waals surface area contributed by atoms with Crippen molar-refractivity contribution in [2.45, 2.75) is 75.2 Å². The van der Waals surface area contributed by atoms with Crippen LogP contribution in [-0.2, 0) is 32.2 Å². The molecular formula is C37H40N2O7S. The van der Waals surface area contributed by atoms with Crippen molar-refractivity contribution >= 4 is 23.6 Å². The van der Waals surface area contributed by atoms with Gasteiger partial charge < -0.3 is 30.2 Å². The highest BCUT2D eigenvalue weighted by atomic mass is 32.2. The van der Waals surface area contributed by atoms with Crippen LogP contribution in [0.1, 0.15) is 73.2 Å². The Labute approximate surface area is 279 Å². The van der Waals surface area contributed by atoms with Crippen LogP contribution >= 0.6 is 11.8 Å². The first-order valence-corrected chi connectivity index (χ1v) is 16.9. The molecule has 3 aromatic carbocycles. The van der Waals surface area contributed by atoms with Crippen LogP contribution in [0.4, 0.5) is 0 Å². The summed E-state index contributed by atoms with van der Waals surface area (Å²) >= 11 is 1.45. The summed E-state index contributed by atoms with van der Waals surface area (Å²) in [4.78, 5) is 23.1. The summed E-state index contributed by atoms with van der Waals surface area (Å²) in [5, 5.41) is 34.1. The van der Waals surface area contributed by atoms with E-state index < -0.39 is 12.3 Å². The topological polar surface area (TPSA) is 132 Å². The Hall–Kier alpha value is -4.22. The third-order valence-corrected chi connectivity index (χ3v) is 9.25. The lowest BCUT2D eigenvalue weighted by molar-refractivity contribution is -0.645. The van der Waals surface area contributed by atoms with Gasteiger partial charge in [-0.25, -0.2) is 0 Å². The average Bonchev–Trinajstić information content (AvgIpc) is 3.10. The molecule has 0 bridgehead atoms. The highest BCUT2D eigenvalue weighted by Gasteiger charge is 2.32. The van der Waals surface area contributed by atoms with E-state index >= 15 is 0 Å². The first-order valence-electron chi connectivity index (χ1n) is 15.9. The maximum Gasteiger partial charge on any atom is 0.303 e. The van der Waals surface area contributed by atoms with Gasteiger partial charge in [0.25, 0.3) is 5.03 Å². The van der Waals surface area contributed by atoms with Crippen molar-refractivity contribution in [1.29, 1.82) is 0 Å². The molecule has 10 heteroatoms. The van der Waals surface area contributed by atoms with Gasteiger partial charge in [0.05, 0.1) is 18.8 Å². The molecule has 4 aromatic rings. The van der Waals surface area contributed by atoms with E-state index in [0.717, 1.165) is 38.1 Å². The zero-order valence-corrected chi connectivity index (χ0v) is 26.9. The van der Waals surface area contributed by atoms with Crippen molar-refractivity contribution in [2.24, 2.45) is 0 Å². The molecule has 9 nitrogen and oxygen atoms in total. The number of hydrogen-bond donors (Lipinski definition) is 3. The number of carboxylic acid groups (broad SMARTS) is 1. The predicted molar refractivity (Wildman–Crippen MR) is 179 cm³/mol. The second-order valence-electron chi connectivity index (χ2n) is 11.5. The zero-order chi connectivity index (χ0) is 33.0. The third-order valence-electron chi connectivity index (χ3n) is 8.10. The van der Waals surface area contributed by atoms with Crippen LogP contribution in [0.2, 0.25) is 0 Å². The van der Waals surface area contributed by atoms with Crippen molar-refractivity contribution in [3.05, 3.63) is 125 Å². The first-order chi connectivity index (χ1) is 22.9. The third kappa shape index (κ3) is 9.89. The lowest BCUT2D eigenvalue weighted by Gasteiger charge is -2.36. The molecule has 1 amide bonds. The molecular weight excluding hydrogens is 616 g/mol. The van der Waals surface area contributed by atoms with Crippen molar-refractivity contribution < 1.29 is 34.0 Å². The number of unbranched alkanes of at least 4 members (excludes halogenated alkanes) is 2. The summed E-state index contributed by atoms with van der Waals surface area (Å²) in [6.45, 7) is 0.364. The summed E-state index contributed by atoms with van der Waals surface area (Å²) in [7, 11) is 0. The number of aliphatic carboxylic acids is 1. The minimum atomic E-state index is -0.812. The predicted octanol–water partition coefficient (Wildman–Crippen LogP) is 6.47. The molecule has 0 radical (unpaired) electrons. The standard InChI is InChI=1S/C37H40N2O7S/c40-24-26-13-15-28(16-14-26)33-22-31(25-47-35-11-6-7-21-39(35)44)45-37(46-33)29-19-17-27(18-20-29)32-9-5-4-8-30(32)23-38-34(41)10-2-1-3-12-36(42)43/h4-9,11,13-21,31,33,37,40H,1-3,10,12,22-25H2,(H,38,41)(H,42,43)/t31-,33+,37+/m1/s1. The molecule has 1 saturated heterocycles. The number of ether oxygens (including phenoxy) is 2. The second kappa shape index (κ2) is 17.1. The SMILES string of the molecule is O=C(O)CCCCCC(=O)NCc1ccccc1-c1ccc([C@H]2O[C@@H](CSc3cccc[n+]3[O-])C[C@@H](c3ccc(CO)cc3)O2)cc1. The monoisotopic (exact) mass is 656 g/mol. The molecule has 1 aromatic heterocycles. The first kappa shape index (κ1) is 34.1. The van der Waals surface area contributed by atoms with E-state index in [1.807, 2.05) is 78.9 Å². The number of nitrogens with one attached hydrogen (secondary N) is 1. The van der Waals surface area contributed by atoms with Gasteiger partial charge in [0.15, 0.2) is 12.5 Å². The number of carboxylic acids is 1. The molecule has 47 heavy (non-hydrogen) atoms. The van der Waals surface area contributed by atoms with E-state index in [1.165, 1.54) is 18.0 Å². The molecule has 1 fully saturated rings. The van der Waals surface area contributed by atoms with Gasteiger partial charge in [0.2, 0.25) is 5.91 Å². The number of aliphatic hydroxyl groups excluding tert-OH is 1. The quantitative estimate of drug-likeness (QED) is 0.0575. The Morgan fingerprint density at radius 1 is 0.872 bits per heavy atom. The minimum absolute atomic E-state index is 0.0267. The molecule has 1 aliphatic heterocycles. The van der Waals surface area contributed by atoms with Gasteiger partial charge in [-0.2, -0.15) is 4.73 Å². The van der Waals surface area contributed by atoms with Crippen LogP contribution in [0, 0.1) is 5.21 Å². The molecule has 2 heterocycles. The maximum absolute atomic E-state index is 12.4. The Bertz CT molecular complexity index is 1610. The van der Waals surface area contributed by atoms with Crippen molar-refractivity contribution in [2.75, 3.05) is 5.75 Å². The Morgan fingerprint density at radius 2 is 1.60 bits per heavy atom.